The zero-order chi connectivity index (χ0) is 18.1. The first-order valence-electron chi connectivity index (χ1n) is 9.29. The predicted octanol–water partition coefficient (Wildman–Crippen LogP) is 2.76. The van der Waals surface area contributed by atoms with Crippen molar-refractivity contribution >= 4 is 5.69 Å². The Hall–Kier alpha value is -2.08. The number of aliphatic hydroxyl groups is 1. The van der Waals surface area contributed by atoms with E-state index in [0.29, 0.717) is 6.04 Å². The molecule has 0 spiro atoms. The summed E-state index contributed by atoms with van der Waals surface area (Å²) in [6, 6.07) is 16.5. The van der Waals surface area contributed by atoms with Gasteiger partial charge in [-0.25, -0.2) is 0 Å². The van der Waals surface area contributed by atoms with Crippen LogP contribution >= 0.6 is 0 Å². The van der Waals surface area contributed by atoms with Crippen LogP contribution in [0.2, 0.25) is 0 Å². The summed E-state index contributed by atoms with van der Waals surface area (Å²) >= 11 is 0. The van der Waals surface area contributed by atoms with E-state index in [1.54, 1.807) is 13.8 Å². The van der Waals surface area contributed by atoms with Gasteiger partial charge in [-0.1, -0.05) is 12.1 Å². The van der Waals surface area contributed by atoms with Gasteiger partial charge in [0.25, 0.3) is 0 Å². The molecule has 2 aliphatic heterocycles. The molecule has 2 fully saturated rings. The monoisotopic (exact) mass is 353 g/mol. The number of benzene rings is 2. The predicted molar refractivity (Wildman–Crippen MR) is 104 cm³/mol. The molecule has 138 valence electrons. The molecule has 26 heavy (non-hydrogen) atoms. The molecular formula is C21H27N3O2. The summed E-state index contributed by atoms with van der Waals surface area (Å²) < 4.78 is 5.94. The molecule has 4 rings (SSSR count). The maximum absolute atomic E-state index is 10.0. The fourth-order valence-corrected chi connectivity index (χ4v) is 3.68. The smallest absolute Gasteiger partial charge is 0.127 e. The standard InChI is InChI=1S/C21H27N3O2/c1-21(2,25)16-3-7-19(8-4-16)26-20-9-5-17(6-10-20)24-14-18-13-22-11-12-23(18)15-24/h3-10,18,22,25H,11-15H2,1-2H3/t18-/m0/s1. The molecule has 1 atom stereocenters. The number of nitrogens with zero attached hydrogens (tertiary/aromatic N) is 2. The minimum absolute atomic E-state index is 0.619. The normalized spacial score (nSPS) is 20.9. The zero-order valence-corrected chi connectivity index (χ0v) is 15.5. The number of rotatable bonds is 4. The molecule has 0 aromatic heterocycles. The van der Waals surface area contributed by atoms with E-state index >= 15 is 0 Å². The molecule has 5 nitrogen and oxygen atoms in total. The number of hydrogen-bond acceptors (Lipinski definition) is 5. The SMILES string of the molecule is CC(C)(O)c1ccc(Oc2ccc(N3C[C@@H]4CNCCN4C3)cc2)cc1. The van der Waals surface area contributed by atoms with Crippen molar-refractivity contribution in [2.75, 3.05) is 37.7 Å². The lowest BCUT2D eigenvalue weighted by Crippen LogP contribution is -2.48. The molecule has 0 saturated carbocycles. The topological polar surface area (TPSA) is 48.0 Å². The van der Waals surface area contributed by atoms with E-state index in [1.807, 2.05) is 36.4 Å². The molecule has 0 aliphatic carbocycles. The summed E-state index contributed by atoms with van der Waals surface area (Å²) in [6.45, 7) is 8.94. The van der Waals surface area contributed by atoms with E-state index in [4.69, 9.17) is 4.74 Å². The molecule has 2 aromatic carbocycles. The summed E-state index contributed by atoms with van der Waals surface area (Å²) in [7, 11) is 0. The van der Waals surface area contributed by atoms with Crippen molar-refractivity contribution in [3.63, 3.8) is 0 Å². The second-order valence-corrected chi connectivity index (χ2v) is 7.71. The van der Waals surface area contributed by atoms with Gasteiger partial charge in [0.1, 0.15) is 11.5 Å². The molecule has 2 aliphatic rings. The van der Waals surface area contributed by atoms with Crippen molar-refractivity contribution in [3.05, 3.63) is 54.1 Å². The Morgan fingerprint density at radius 2 is 1.69 bits per heavy atom. The number of ether oxygens (including phenoxy) is 1. The molecule has 0 radical (unpaired) electrons. The minimum atomic E-state index is -0.835. The van der Waals surface area contributed by atoms with Crippen LogP contribution in [0, 0.1) is 0 Å². The van der Waals surface area contributed by atoms with Crippen LogP contribution in [-0.4, -0.2) is 48.9 Å². The van der Waals surface area contributed by atoms with Crippen LogP contribution in [0.3, 0.4) is 0 Å². The zero-order valence-electron chi connectivity index (χ0n) is 15.5. The van der Waals surface area contributed by atoms with Gasteiger partial charge >= 0.3 is 0 Å². The van der Waals surface area contributed by atoms with Gasteiger partial charge in [-0.15, -0.1) is 0 Å². The van der Waals surface area contributed by atoms with E-state index in [-0.39, 0.29) is 0 Å². The van der Waals surface area contributed by atoms with E-state index in [0.717, 1.165) is 49.9 Å². The Morgan fingerprint density at radius 3 is 2.31 bits per heavy atom. The van der Waals surface area contributed by atoms with Crippen LogP contribution in [-0.2, 0) is 5.60 Å². The van der Waals surface area contributed by atoms with Crippen LogP contribution in [0.4, 0.5) is 5.69 Å². The van der Waals surface area contributed by atoms with Gasteiger partial charge in [-0.05, 0) is 55.8 Å². The van der Waals surface area contributed by atoms with Crippen molar-refractivity contribution in [2.24, 2.45) is 0 Å². The Morgan fingerprint density at radius 1 is 1.04 bits per heavy atom. The van der Waals surface area contributed by atoms with Crippen LogP contribution in [0.25, 0.3) is 0 Å². The van der Waals surface area contributed by atoms with Gasteiger partial charge in [-0.2, -0.15) is 0 Å². The Balaban J connectivity index is 1.40. The number of hydrogen-bond donors (Lipinski definition) is 2. The van der Waals surface area contributed by atoms with Crippen molar-refractivity contribution in [2.45, 2.75) is 25.5 Å². The summed E-state index contributed by atoms with van der Waals surface area (Å²) in [6.07, 6.45) is 0. The fraction of sp³-hybridized carbons (Fsp3) is 0.429. The molecule has 2 heterocycles. The third kappa shape index (κ3) is 3.70. The van der Waals surface area contributed by atoms with Crippen LogP contribution in [0.5, 0.6) is 11.5 Å². The minimum Gasteiger partial charge on any atom is -0.457 e. The van der Waals surface area contributed by atoms with Crippen LogP contribution in [0.1, 0.15) is 19.4 Å². The van der Waals surface area contributed by atoms with Crippen LogP contribution < -0.4 is 15.0 Å². The molecule has 0 unspecified atom stereocenters. The average molecular weight is 353 g/mol. The lowest BCUT2D eigenvalue weighted by Gasteiger charge is -2.28. The van der Waals surface area contributed by atoms with Crippen molar-refractivity contribution in [3.8, 4) is 11.5 Å². The first-order valence-corrected chi connectivity index (χ1v) is 9.29. The highest BCUT2D eigenvalue weighted by Gasteiger charge is 2.31. The van der Waals surface area contributed by atoms with Gasteiger partial charge < -0.3 is 20.1 Å². The second kappa shape index (κ2) is 6.91. The van der Waals surface area contributed by atoms with Crippen molar-refractivity contribution in [1.29, 1.82) is 0 Å². The number of fused-ring (bicyclic) bond motifs is 1. The van der Waals surface area contributed by atoms with E-state index in [1.165, 1.54) is 5.69 Å². The number of nitrogens with one attached hydrogen (secondary N) is 1. The van der Waals surface area contributed by atoms with Gasteiger partial charge in [0, 0.05) is 37.9 Å². The lowest BCUT2D eigenvalue weighted by molar-refractivity contribution is 0.0786. The molecule has 2 saturated heterocycles. The highest BCUT2D eigenvalue weighted by Crippen LogP contribution is 2.28. The van der Waals surface area contributed by atoms with Crippen LogP contribution in [0.15, 0.2) is 48.5 Å². The third-order valence-electron chi connectivity index (χ3n) is 5.25. The van der Waals surface area contributed by atoms with E-state index in [2.05, 4.69) is 27.2 Å². The van der Waals surface area contributed by atoms with Gasteiger partial charge in [0.15, 0.2) is 0 Å². The maximum Gasteiger partial charge on any atom is 0.127 e. The Bertz CT molecular complexity index is 723. The third-order valence-corrected chi connectivity index (χ3v) is 5.25. The first kappa shape index (κ1) is 17.3. The summed E-state index contributed by atoms with van der Waals surface area (Å²) in [4.78, 5) is 4.98. The first-order chi connectivity index (χ1) is 12.5. The molecule has 2 N–H and O–H groups in total. The van der Waals surface area contributed by atoms with Gasteiger partial charge in [-0.3, -0.25) is 4.90 Å². The van der Waals surface area contributed by atoms with Gasteiger partial charge in [0.05, 0.1) is 12.3 Å². The summed E-state index contributed by atoms with van der Waals surface area (Å²) in [5.74, 6) is 1.60. The Labute approximate surface area is 155 Å². The number of piperazine rings is 1. The summed E-state index contributed by atoms with van der Waals surface area (Å²) in [5.41, 5.74) is 1.28. The quantitative estimate of drug-likeness (QED) is 0.885. The van der Waals surface area contributed by atoms with Crippen molar-refractivity contribution in [1.82, 2.24) is 10.2 Å². The second-order valence-electron chi connectivity index (χ2n) is 7.71. The highest BCUT2D eigenvalue weighted by molar-refractivity contribution is 5.50. The lowest BCUT2D eigenvalue weighted by atomic mass is 9.99. The largest absolute Gasteiger partial charge is 0.457 e. The van der Waals surface area contributed by atoms with E-state index < -0.39 is 5.60 Å². The highest BCUT2D eigenvalue weighted by atomic mass is 16.5. The maximum atomic E-state index is 10.0. The Kier molecular flexibility index (Phi) is 4.61. The molecule has 0 bridgehead atoms. The molecule has 0 amide bonds. The molecule has 5 heteroatoms. The van der Waals surface area contributed by atoms with Crippen molar-refractivity contribution < 1.29 is 9.84 Å². The number of anilines is 1. The van der Waals surface area contributed by atoms with Gasteiger partial charge in [0.2, 0.25) is 0 Å². The van der Waals surface area contributed by atoms with E-state index in [9.17, 15) is 5.11 Å². The molecular weight excluding hydrogens is 326 g/mol. The average Bonchev–Trinajstić information content (AvgIpc) is 3.06. The molecule has 2 aromatic rings. The summed E-state index contributed by atoms with van der Waals surface area (Å²) in [5, 5.41) is 13.5. The fourth-order valence-electron chi connectivity index (χ4n) is 3.68.